The average molecular weight is 444 g/mol. The van der Waals surface area contributed by atoms with E-state index < -0.39 is 17.6 Å². The van der Waals surface area contributed by atoms with E-state index in [1.54, 1.807) is 42.5 Å². The van der Waals surface area contributed by atoms with Crippen molar-refractivity contribution in [3.8, 4) is 11.5 Å². The minimum Gasteiger partial charge on any atom is -0.495 e. The normalized spacial score (nSPS) is 10.5. The molecule has 0 unspecified atom stereocenters. The fraction of sp³-hybridized carbons (Fsp3) is 0.0769. The highest BCUT2D eigenvalue weighted by molar-refractivity contribution is 6.09. The predicted molar refractivity (Wildman–Crippen MR) is 125 cm³/mol. The maximum atomic E-state index is 13.4. The van der Waals surface area contributed by atoms with Crippen molar-refractivity contribution in [3.05, 3.63) is 96.3 Å². The minimum absolute atomic E-state index is 0.246. The molecule has 0 bridgehead atoms. The summed E-state index contributed by atoms with van der Waals surface area (Å²) >= 11 is 0. The zero-order valence-electron chi connectivity index (χ0n) is 17.8. The van der Waals surface area contributed by atoms with Crippen LogP contribution in [0.2, 0.25) is 0 Å². The Kier molecular flexibility index (Phi) is 6.50. The molecule has 0 atom stereocenters. The molecular formula is C26H21FN2O4. The Labute approximate surface area is 190 Å². The number of fused-ring (bicyclic) bond motifs is 1. The van der Waals surface area contributed by atoms with Crippen LogP contribution < -0.4 is 20.1 Å². The molecule has 4 rings (SSSR count). The van der Waals surface area contributed by atoms with Crippen LogP contribution >= 0.6 is 0 Å². The van der Waals surface area contributed by atoms with Crippen molar-refractivity contribution in [2.75, 3.05) is 24.4 Å². The molecule has 0 saturated carbocycles. The zero-order valence-corrected chi connectivity index (χ0v) is 17.8. The maximum absolute atomic E-state index is 13.4. The predicted octanol–water partition coefficient (Wildman–Crippen LogP) is 5.26. The van der Waals surface area contributed by atoms with Gasteiger partial charge in [-0.1, -0.05) is 42.5 Å². The lowest BCUT2D eigenvalue weighted by atomic mass is 10.1. The van der Waals surface area contributed by atoms with Gasteiger partial charge in [0.1, 0.15) is 17.3 Å². The number of carbonyl (C=O) groups excluding carboxylic acids is 2. The van der Waals surface area contributed by atoms with Gasteiger partial charge >= 0.3 is 0 Å². The van der Waals surface area contributed by atoms with Gasteiger partial charge in [-0.2, -0.15) is 0 Å². The Morgan fingerprint density at radius 3 is 2.30 bits per heavy atom. The van der Waals surface area contributed by atoms with E-state index in [2.05, 4.69) is 10.6 Å². The van der Waals surface area contributed by atoms with E-state index in [0.29, 0.717) is 17.1 Å². The molecule has 0 heterocycles. The summed E-state index contributed by atoms with van der Waals surface area (Å²) in [7, 11) is 1.52. The molecule has 7 heteroatoms. The first kappa shape index (κ1) is 21.8. The van der Waals surface area contributed by atoms with Gasteiger partial charge in [-0.05, 0) is 53.2 Å². The third-order valence-electron chi connectivity index (χ3n) is 4.91. The SMILES string of the molecule is COc1ccccc1NC(=O)c1cc2ccccc2cc1OCC(=O)Nc1cccc(F)c1. The summed E-state index contributed by atoms with van der Waals surface area (Å²) in [6.07, 6.45) is 0. The van der Waals surface area contributed by atoms with Crippen molar-refractivity contribution in [1.82, 2.24) is 0 Å². The number of rotatable bonds is 7. The number of benzene rings is 4. The van der Waals surface area contributed by atoms with Crippen LogP contribution in [-0.2, 0) is 4.79 Å². The lowest BCUT2D eigenvalue weighted by Gasteiger charge is -2.15. The summed E-state index contributed by atoms with van der Waals surface area (Å²) in [6, 6.07) is 23.5. The van der Waals surface area contributed by atoms with E-state index in [1.165, 1.54) is 25.3 Å². The number of ether oxygens (including phenoxy) is 2. The van der Waals surface area contributed by atoms with Crippen molar-refractivity contribution in [2.24, 2.45) is 0 Å². The lowest BCUT2D eigenvalue weighted by molar-refractivity contribution is -0.118. The highest BCUT2D eigenvalue weighted by Crippen LogP contribution is 2.29. The largest absolute Gasteiger partial charge is 0.495 e. The van der Waals surface area contributed by atoms with Gasteiger partial charge in [0.15, 0.2) is 6.61 Å². The molecule has 4 aromatic carbocycles. The van der Waals surface area contributed by atoms with Crippen LogP contribution in [0, 0.1) is 5.82 Å². The first-order valence-electron chi connectivity index (χ1n) is 10.2. The number of methoxy groups -OCH3 is 1. The van der Waals surface area contributed by atoms with Crippen molar-refractivity contribution >= 4 is 34.0 Å². The standard InChI is InChI=1S/C26H21FN2O4/c1-32-23-12-5-4-11-22(23)29-26(31)21-13-17-7-2-3-8-18(17)14-24(21)33-16-25(30)28-20-10-6-9-19(27)15-20/h2-15H,16H2,1H3,(H,28,30)(H,29,31). The second kappa shape index (κ2) is 9.82. The van der Waals surface area contributed by atoms with Crippen LogP contribution in [0.3, 0.4) is 0 Å². The number of anilines is 2. The van der Waals surface area contributed by atoms with Gasteiger partial charge in [-0.25, -0.2) is 4.39 Å². The number of amides is 2. The fourth-order valence-electron chi connectivity index (χ4n) is 3.36. The van der Waals surface area contributed by atoms with E-state index in [0.717, 1.165) is 10.8 Å². The minimum atomic E-state index is -0.482. The first-order chi connectivity index (χ1) is 16.0. The molecule has 0 aromatic heterocycles. The van der Waals surface area contributed by atoms with Crippen molar-refractivity contribution in [1.29, 1.82) is 0 Å². The number of nitrogens with one attached hydrogen (secondary N) is 2. The number of hydrogen-bond donors (Lipinski definition) is 2. The molecule has 6 nitrogen and oxygen atoms in total. The van der Waals surface area contributed by atoms with Crippen LogP contribution in [0.4, 0.5) is 15.8 Å². The Balaban J connectivity index is 1.58. The van der Waals surface area contributed by atoms with E-state index >= 15 is 0 Å². The van der Waals surface area contributed by atoms with Gasteiger partial charge in [0, 0.05) is 5.69 Å². The van der Waals surface area contributed by atoms with Gasteiger partial charge < -0.3 is 20.1 Å². The quantitative estimate of drug-likeness (QED) is 0.408. The molecule has 2 amide bonds. The molecule has 33 heavy (non-hydrogen) atoms. The Morgan fingerprint density at radius 1 is 0.818 bits per heavy atom. The van der Waals surface area contributed by atoms with Gasteiger partial charge in [-0.15, -0.1) is 0 Å². The topological polar surface area (TPSA) is 76.7 Å². The second-order valence-electron chi connectivity index (χ2n) is 7.20. The number of hydrogen-bond acceptors (Lipinski definition) is 4. The first-order valence-corrected chi connectivity index (χ1v) is 10.2. The highest BCUT2D eigenvalue weighted by atomic mass is 19.1. The second-order valence-corrected chi connectivity index (χ2v) is 7.20. The van der Waals surface area contributed by atoms with Gasteiger partial charge in [0.05, 0.1) is 18.4 Å². The van der Waals surface area contributed by atoms with E-state index in [4.69, 9.17) is 9.47 Å². The van der Waals surface area contributed by atoms with Gasteiger partial charge in [0.25, 0.3) is 11.8 Å². The summed E-state index contributed by atoms with van der Waals surface area (Å²) in [4.78, 5) is 25.5. The number of halogens is 1. The number of para-hydroxylation sites is 2. The summed E-state index contributed by atoms with van der Waals surface area (Å²) < 4.78 is 24.4. The van der Waals surface area contributed by atoms with Crippen molar-refractivity contribution in [3.63, 3.8) is 0 Å². The van der Waals surface area contributed by atoms with Crippen LogP contribution in [0.25, 0.3) is 10.8 Å². The maximum Gasteiger partial charge on any atom is 0.262 e. The van der Waals surface area contributed by atoms with Gasteiger partial charge in [0.2, 0.25) is 0 Å². The lowest BCUT2D eigenvalue weighted by Crippen LogP contribution is -2.21. The average Bonchev–Trinajstić information content (AvgIpc) is 2.82. The molecule has 0 fully saturated rings. The third-order valence-corrected chi connectivity index (χ3v) is 4.91. The van der Waals surface area contributed by atoms with Crippen LogP contribution in [0.1, 0.15) is 10.4 Å². The van der Waals surface area contributed by atoms with Gasteiger partial charge in [-0.3, -0.25) is 9.59 Å². The summed E-state index contributed by atoms with van der Waals surface area (Å²) in [6.45, 7) is -0.357. The molecule has 0 saturated heterocycles. The monoisotopic (exact) mass is 444 g/mol. The Bertz CT molecular complexity index is 1320. The number of carbonyl (C=O) groups is 2. The van der Waals surface area contributed by atoms with E-state index in [1.807, 2.05) is 24.3 Å². The molecule has 0 aliphatic heterocycles. The fourth-order valence-corrected chi connectivity index (χ4v) is 3.36. The molecule has 0 aliphatic carbocycles. The molecule has 0 aliphatic rings. The molecular weight excluding hydrogens is 423 g/mol. The third kappa shape index (κ3) is 5.27. The highest BCUT2D eigenvalue weighted by Gasteiger charge is 2.17. The van der Waals surface area contributed by atoms with E-state index in [9.17, 15) is 14.0 Å². The van der Waals surface area contributed by atoms with Crippen molar-refractivity contribution < 1.29 is 23.5 Å². The Hall–Kier alpha value is -4.39. The van der Waals surface area contributed by atoms with Crippen LogP contribution in [-0.4, -0.2) is 25.5 Å². The molecule has 2 N–H and O–H groups in total. The van der Waals surface area contributed by atoms with Crippen LogP contribution in [0.5, 0.6) is 11.5 Å². The Morgan fingerprint density at radius 2 is 1.55 bits per heavy atom. The molecule has 0 spiro atoms. The molecule has 0 radical (unpaired) electrons. The van der Waals surface area contributed by atoms with Crippen LogP contribution in [0.15, 0.2) is 84.9 Å². The summed E-state index contributed by atoms with van der Waals surface area (Å²) in [5, 5.41) is 7.10. The summed E-state index contributed by atoms with van der Waals surface area (Å²) in [5.41, 5.74) is 1.09. The zero-order chi connectivity index (χ0) is 23.2. The molecule has 4 aromatic rings. The van der Waals surface area contributed by atoms with Crippen molar-refractivity contribution in [2.45, 2.75) is 0 Å². The van der Waals surface area contributed by atoms with E-state index in [-0.39, 0.29) is 17.9 Å². The summed E-state index contributed by atoms with van der Waals surface area (Å²) in [5.74, 6) is -0.590. The molecule has 166 valence electrons. The smallest absolute Gasteiger partial charge is 0.262 e.